The Labute approximate surface area is 175 Å². The molecule has 1 N–H and O–H groups in total. The van der Waals surface area contributed by atoms with Crippen LogP contribution < -0.4 is 4.74 Å². The Kier molecular flexibility index (Phi) is 4.07. The van der Waals surface area contributed by atoms with Gasteiger partial charge in [-0.1, -0.05) is 42.5 Å². The number of halogens is 1. The number of carbonyl (C=O) groups excluding carboxylic acids is 1. The van der Waals surface area contributed by atoms with Crippen LogP contribution in [-0.4, -0.2) is 15.5 Å². The monoisotopic (exact) mass is 445 g/mol. The summed E-state index contributed by atoms with van der Waals surface area (Å²) < 4.78 is 8.50. The van der Waals surface area contributed by atoms with Gasteiger partial charge in [-0.05, 0) is 51.3 Å². The first-order valence-corrected chi connectivity index (χ1v) is 9.93. The summed E-state index contributed by atoms with van der Waals surface area (Å²) in [6.07, 6.45) is 3.74. The highest BCUT2D eigenvalue weighted by Crippen LogP contribution is 2.43. The zero-order valence-corrected chi connectivity index (χ0v) is 17.1. The number of aromatic nitrogens is 1. The summed E-state index contributed by atoms with van der Waals surface area (Å²) in [4.78, 5) is 12.9. The molecule has 3 aromatic carbocycles. The molecule has 1 aromatic heterocycles. The third-order valence-corrected chi connectivity index (χ3v) is 5.79. The zero-order valence-electron chi connectivity index (χ0n) is 15.5. The predicted octanol–water partition coefficient (Wildman–Crippen LogP) is 5.93. The highest BCUT2D eigenvalue weighted by Gasteiger charge is 2.32. The van der Waals surface area contributed by atoms with Gasteiger partial charge in [-0.2, -0.15) is 0 Å². The summed E-state index contributed by atoms with van der Waals surface area (Å²) in [7, 11) is 1.98. The molecule has 0 radical (unpaired) electrons. The van der Waals surface area contributed by atoms with Crippen LogP contribution in [0.25, 0.3) is 28.1 Å². The van der Waals surface area contributed by atoms with Gasteiger partial charge in [0.05, 0.1) is 4.47 Å². The summed E-state index contributed by atoms with van der Waals surface area (Å²) in [6, 6.07) is 19.5. The molecule has 4 nitrogen and oxygen atoms in total. The third-order valence-electron chi connectivity index (χ3n) is 5.17. The molecule has 0 fully saturated rings. The van der Waals surface area contributed by atoms with E-state index < -0.39 is 0 Å². The number of Topliss-reactive ketones (excluding diaryl/α,β-unsaturated/α-hetero) is 1. The molecule has 142 valence electrons. The maximum atomic E-state index is 12.9. The van der Waals surface area contributed by atoms with Crippen molar-refractivity contribution in [3.8, 4) is 22.6 Å². The Balaban J connectivity index is 1.71. The Morgan fingerprint density at radius 3 is 2.59 bits per heavy atom. The number of hydrogen-bond donors (Lipinski definition) is 1. The first-order valence-electron chi connectivity index (χ1n) is 9.14. The van der Waals surface area contributed by atoms with Crippen molar-refractivity contribution in [2.24, 2.45) is 7.05 Å². The number of allylic oxidation sites excluding steroid dienone is 1. The smallest absolute Gasteiger partial charge is 0.235 e. The molecule has 0 saturated carbocycles. The molecular formula is C24H16BrNO3. The van der Waals surface area contributed by atoms with Crippen molar-refractivity contribution in [3.63, 3.8) is 0 Å². The maximum Gasteiger partial charge on any atom is 0.235 e. The molecule has 0 atom stereocenters. The van der Waals surface area contributed by atoms with Crippen molar-refractivity contribution < 1.29 is 14.6 Å². The number of ketones is 1. The largest absolute Gasteiger partial charge is 0.507 e. The second kappa shape index (κ2) is 6.64. The summed E-state index contributed by atoms with van der Waals surface area (Å²) in [5.41, 5.74) is 4.32. The number of nitrogens with zero attached hydrogens (tertiary/aromatic N) is 1. The molecular weight excluding hydrogens is 430 g/mol. The lowest BCUT2D eigenvalue weighted by Crippen LogP contribution is -1.98. The van der Waals surface area contributed by atoms with Gasteiger partial charge >= 0.3 is 0 Å². The van der Waals surface area contributed by atoms with Crippen LogP contribution in [0.4, 0.5) is 0 Å². The van der Waals surface area contributed by atoms with Crippen LogP contribution in [0.1, 0.15) is 15.9 Å². The zero-order chi connectivity index (χ0) is 20.1. The third kappa shape index (κ3) is 2.77. The molecule has 0 saturated heterocycles. The van der Waals surface area contributed by atoms with Crippen molar-refractivity contribution in [3.05, 3.63) is 88.2 Å². The molecule has 5 rings (SSSR count). The molecule has 0 spiro atoms. The Morgan fingerprint density at radius 1 is 1.03 bits per heavy atom. The van der Waals surface area contributed by atoms with Crippen molar-refractivity contribution in [2.45, 2.75) is 0 Å². The molecule has 5 heteroatoms. The van der Waals surface area contributed by atoms with E-state index in [4.69, 9.17) is 4.74 Å². The number of aryl methyl sites for hydroxylation is 1. The summed E-state index contributed by atoms with van der Waals surface area (Å²) in [6.45, 7) is 0. The van der Waals surface area contributed by atoms with Crippen LogP contribution in [0.3, 0.4) is 0 Å². The fourth-order valence-corrected chi connectivity index (χ4v) is 4.24. The topological polar surface area (TPSA) is 51.5 Å². The second-order valence-electron chi connectivity index (χ2n) is 6.97. The van der Waals surface area contributed by atoms with E-state index >= 15 is 0 Å². The molecule has 0 unspecified atom stereocenters. The van der Waals surface area contributed by atoms with Crippen LogP contribution in [-0.2, 0) is 7.05 Å². The van der Waals surface area contributed by atoms with Gasteiger partial charge in [-0.25, -0.2) is 0 Å². The number of hydrogen-bond acceptors (Lipinski definition) is 3. The average Bonchev–Trinajstić information content (AvgIpc) is 3.24. The van der Waals surface area contributed by atoms with E-state index in [9.17, 15) is 9.90 Å². The average molecular weight is 446 g/mol. The van der Waals surface area contributed by atoms with Crippen LogP contribution in [0, 0.1) is 0 Å². The van der Waals surface area contributed by atoms with Gasteiger partial charge in [0.25, 0.3) is 0 Å². The lowest BCUT2D eigenvalue weighted by Gasteiger charge is -2.06. The van der Waals surface area contributed by atoms with E-state index in [1.807, 2.05) is 42.1 Å². The first kappa shape index (κ1) is 17.8. The quantitative estimate of drug-likeness (QED) is 0.389. The minimum Gasteiger partial charge on any atom is -0.507 e. The molecule has 2 heterocycles. The van der Waals surface area contributed by atoms with Gasteiger partial charge < -0.3 is 14.4 Å². The number of aromatic hydroxyl groups is 1. The molecule has 1 aliphatic heterocycles. The SMILES string of the molecule is Cn1cc(/C=C2\Oc3c(Br)ccc(O)c3C2=O)c2c(-c3ccccc3)cccc21. The molecule has 0 amide bonds. The number of ether oxygens (including phenoxy) is 1. The van der Waals surface area contributed by atoms with Crippen molar-refractivity contribution >= 4 is 38.7 Å². The van der Waals surface area contributed by atoms with Gasteiger partial charge in [-0.15, -0.1) is 0 Å². The standard InChI is InChI=1S/C24H16BrNO3/c1-26-13-15(12-20-23(28)22-19(27)11-10-17(25)24(22)29-20)21-16(8-5-9-18(21)26)14-6-3-2-4-7-14/h2-13,27H,1H3/b20-12-. The van der Waals surface area contributed by atoms with Crippen molar-refractivity contribution in [2.75, 3.05) is 0 Å². The molecule has 1 aliphatic rings. The van der Waals surface area contributed by atoms with Gasteiger partial charge in [0.1, 0.15) is 11.3 Å². The number of fused-ring (bicyclic) bond motifs is 2. The molecule has 0 aliphatic carbocycles. The number of carbonyl (C=O) groups is 1. The number of phenols is 1. The fourth-order valence-electron chi connectivity index (χ4n) is 3.83. The number of rotatable bonds is 2. The fraction of sp³-hybridized carbons (Fsp3) is 0.0417. The van der Waals surface area contributed by atoms with E-state index in [0.29, 0.717) is 10.2 Å². The number of benzene rings is 3. The van der Waals surface area contributed by atoms with E-state index in [1.165, 1.54) is 6.07 Å². The van der Waals surface area contributed by atoms with Crippen LogP contribution in [0.15, 0.2) is 77.1 Å². The minimum atomic E-state index is -0.326. The van der Waals surface area contributed by atoms with Gasteiger partial charge in [-0.3, -0.25) is 4.79 Å². The normalized spacial score (nSPS) is 14.4. The summed E-state index contributed by atoms with van der Waals surface area (Å²) in [5, 5.41) is 11.2. The van der Waals surface area contributed by atoms with Crippen LogP contribution in [0.5, 0.6) is 11.5 Å². The van der Waals surface area contributed by atoms with E-state index in [0.717, 1.165) is 27.6 Å². The van der Waals surface area contributed by atoms with Gasteiger partial charge in [0.2, 0.25) is 5.78 Å². The van der Waals surface area contributed by atoms with Crippen molar-refractivity contribution in [1.82, 2.24) is 4.57 Å². The van der Waals surface area contributed by atoms with E-state index in [1.54, 1.807) is 12.1 Å². The number of phenolic OH excluding ortho intramolecular Hbond substituents is 1. The van der Waals surface area contributed by atoms with Crippen molar-refractivity contribution in [1.29, 1.82) is 0 Å². The van der Waals surface area contributed by atoms with Gasteiger partial charge in [0.15, 0.2) is 11.5 Å². The highest BCUT2D eigenvalue weighted by molar-refractivity contribution is 9.10. The van der Waals surface area contributed by atoms with Crippen LogP contribution in [0.2, 0.25) is 0 Å². The summed E-state index contributed by atoms with van der Waals surface area (Å²) in [5.74, 6) is 0.134. The summed E-state index contributed by atoms with van der Waals surface area (Å²) >= 11 is 3.39. The second-order valence-corrected chi connectivity index (χ2v) is 7.83. The molecule has 29 heavy (non-hydrogen) atoms. The van der Waals surface area contributed by atoms with Crippen LogP contribution >= 0.6 is 15.9 Å². The molecule has 4 aromatic rings. The predicted molar refractivity (Wildman–Crippen MR) is 117 cm³/mol. The van der Waals surface area contributed by atoms with Gasteiger partial charge in [0, 0.05) is 29.7 Å². The Bertz CT molecular complexity index is 1320. The maximum absolute atomic E-state index is 12.9. The lowest BCUT2D eigenvalue weighted by atomic mass is 9.98. The Hall–Kier alpha value is -3.31. The first-order chi connectivity index (χ1) is 14.0. The highest BCUT2D eigenvalue weighted by atomic mass is 79.9. The van der Waals surface area contributed by atoms with E-state index in [2.05, 4.69) is 40.2 Å². The lowest BCUT2D eigenvalue weighted by molar-refractivity contribution is 0.101. The minimum absolute atomic E-state index is 0.0838. The van der Waals surface area contributed by atoms with E-state index in [-0.39, 0.29) is 22.9 Å². The Morgan fingerprint density at radius 2 is 1.83 bits per heavy atom. The molecule has 0 bridgehead atoms.